The number of aromatic amines is 1. The first-order valence-corrected chi connectivity index (χ1v) is 5.99. The molecule has 0 amide bonds. The first kappa shape index (κ1) is 11.8. The van der Waals surface area contributed by atoms with E-state index < -0.39 is 0 Å². The largest absolute Gasteiger partial charge is 0.494 e. The Kier molecular flexibility index (Phi) is 2.76. The molecule has 0 fully saturated rings. The number of hydrogen-bond donors (Lipinski definition) is 2. The summed E-state index contributed by atoms with van der Waals surface area (Å²) in [5, 5.41) is 15.1. The van der Waals surface area contributed by atoms with Gasteiger partial charge in [-0.25, -0.2) is 4.99 Å². The number of aromatic hydroxyl groups is 1. The van der Waals surface area contributed by atoms with Crippen LogP contribution in [0.15, 0.2) is 33.8 Å². The molecule has 0 spiro atoms. The summed E-state index contributed by atoms with van der Waals surface area (Å²) in [6.45, 7) is 1.79. The molecule has 6 heteroatoms. The molecule has 19 heavy (non-hydrogen) atoms. The molecule has 0 saturated heterocycles. The van der Waals surface area contributed by atoms with Crippen LogP contribution in [-0.2, 0) is 0 Å². The molecule has 0 unspecified atom stereocenters. The molecule has 5 nitrogen and oxygen atoms in total. The zero-order chi connectivity index (χ0) is 13.4. The molecule has 0 radical (unpaired) electrons. The Morgan fingerprint density at radius 3 is 3.00 bits per heavy atom. The molecule has 0 aliphatic rings. The van der Waals surface area contributed by atoms with Crippen LogP contribution in [-0.4, -0.2) is 21.5 Å². The van der Waals surface area contributed by atoms with Crippen molar-refractivity contribution in [2.45, 2.75) is 6.92 Å². The highest BCUT2D eigenvalue weighted by Gasteiger charge is 2.09. The van der Waals surface area contributed by atoms with E-state index in [-0.39, 0.29) is 5.88 Å². The van der Waals surface area contributed by atoms with Crippen LogP contribution in [0.4, 0.5) is 5.82 Å². The third kappa shape index (κ3) is 2.20. The lowest BCUT2D eigenvalue weighted by Crippen LogP contribution is -1.78. The highest BCUT2D eigenvalue weighted by Crippen LogP contribution is 2.28. The van der Waals surface area contributed by atoms with Gasteiger partial charge in [0.2, 0.25) is 0 Å². The van der Waals surface area contributed by atoms with Crippen molar-refractivity contribution in [2.75, 3.05) is 0 Å². The molecule has 3 rings (SSSR count). The maximum Gasteiger partial charge on any atom is 0.198 e. The van der Waals surface area contributed by atoms with Crippen LogP contribution < -0.4 is 0 Å². The third-order valence-electron chi connectivity index (χ3n) is 2.72. The van der Waals surface area contributed by atoms with Crippen molar-refractivity contribution in [1.82, 2.24) is 10.1 Å². The second-order valence-corrected chi connectivity index (χ2v) is 4.57. The predicted molar refractivity (Wildman–Crippen MR) is 73.5 cm³/mol. The van der Waals surface area contributed by atoms with Crippen LogP contribution in [0.1, 0.15) is 11.3 Å². The highest BCUT2D eigenvalue weighted by atomic mass is 35.5. The monoisotopic (exact) mass is 275 g/mol. The molecule has 3 aromatic rings. The molecule has 2 heterocycles. The molecule has 0 saturated carbocycles. The van der Waals surface area contributed by atoms with Gasteiger partial charge in [0.05, 0.1) is 11.1 Å². The van der Waals surface area contributed by atoms with E-state index in [2.05, 4.69) is 15.1 Å². The summed E-state index contributed by atoms with van der Waals surface area (Å²) in [5.41, 5.74) is 1.34. The van der Waals surface area contributed by atoms with Gasteiger partial charge in [0, 0.05) is 22.7 Å². The van der Waals surface area contributed by atoms with Gasteiger partial charge in [-0.3, -0.25) is 0 Å². The smallest absolute Gasteiger partial charge is 0.198 e. The molecular weight excluding hydrogens is 266 g/mol. The van der Waals surface area contributed by atoms with Crippen LogP contribution >= 0.6 is 11.6 Å². The number of benzene rings is 1. The van der Waals surface area contributed by atoms with E-state index in [9.17, 15) is 5.11 Å². The maximum atomic E-state index is 9.87. The molecule has 1 aromatic carbocycles. The minimum absolute atomic E-state index is 0.0428. The second kappa shape index (κ2) is 4.44. The summed E-state index contributed by atoms with van der Waals surface area (Å²) in [7, 11) is 0. The van der Waals surface area contributed by atoms with E-state index in [1.54, 1.807) is 31.3 Å². The average Bonchev–Trinajstić information content (AvgIpc) is 2.89. The Morgan fingerprint density at radius 2 is 2.26 bits per heavy atom. The Labute approximate surface area is 113 Å². The minimum Gasteiger partial charge on any atom is -0.494 e. The Hall–Kier alpha value is -2.27. The molecule has 0 aliphatic carbocycles. The standard InChI is InChI=1S/C13H10ClN3O2/c1-7-4-12(17-19-7)15-6-10-9-3-2-8(14)5-11(9)16-13(10)18/h2-6,16,18H,1H3. The van der Waals surface area contributed by atoms with E-state index in [1.165, 1.54) is 0 Å². The van der Waals surface area contributed by atoms with E-state index in [0.29, 0.717) is 22.2 Å². The van der Waals surface area contributed by atoms with Gasteiger partial charge >= 0.3 is 0 Å². The van der Waals surface area contributed by atoms with Crippen molar-refractivity contribution >= 4 is 34.5 Å². The van der Waals surface area contributed by atoms with Crippen LogP contribution in [0.25, 0.3) is 10.9 Å². The van der Waals surface area contributed by atoms with Gasteiger partial charge in [0.1, 0.15) is 5.76 Å². The molecule has 0 aliphatic heterocycles. The fourth-order valence-electron chi connectivity index (χ4n) is 1.85. The Bertz CT molecular complexity index is 773. The van der Waals surface area contributed by atoms with Gasteiger partial charge in [0.15, 0.2) is 11.7 Å². The van der Waals surface area contributed by atoms with E-state index >= 15 is 0 Å². The number of rotatable bonds is 2. The van der Waals surface area contributed by atoms with Gasteiger partial charge in [0.25, 0.3) is 0 Å². The zero-order valence-corrected chi connectivity index (χ0v) is 10.8. The number of H-pyrrole nitrogens is 1. The van der Waals surface area contributed by atoms with Crippen LogP contribution in [0.5, 0.6) is 5.88 Å². The first-order valence-electron chi connectivity index (χ1n) is 5.61. The van der Waals surface area contributed by atoms with E-state index in [1.807, 2.05) is 6.07 Å². The topological polar surface area (TPSA) is 74.4 Å². The Morgan fingerprint density at radius 1 is 1.42 bits per heavy atom. The predicted octanol–water partition coefficient (Wildman–Crippen LogP) is 3.57. The SMILES string of the molecule is Cc1cc(N=Cc2c(O)[nH]c3cc(Cl)ccc23)no1. The number of halogens is 1. The summed E-state index contributed by atoms with van der Waals surface area (Å²) >= 11 is 5.90. The number of fused-ring (bicyclic) bond motifs is 1. The number of hydrogen-bond acceptors (Lipinski definition) is 4. The molecule has 96 valence electrons. The quantitative estimate of drug-likeness (QED) is 0.702. The normalized spacial score (nSPS) is 11.7. The lowest BCUT2D eigenvalue weighted by molar-refractivity contribution is 0.399. The second-order valence-electron chi connectivity index (χ2n) is 4.13. The summed E-state index contributed by atoms with van der Waals surface area (Å²) in [6, 6.07) is 7.03. The number of aliphatic imine (C=N–C) groups is 1. The first-order chi connectivity index (χ1) is 9.13. The summed E-state index contributed by atoms with van der Waals surface area (Å²) in [5.74, 6) is 1.18. The number of aromatic nitrogens is 2. The molecule has 2 N–H and O–H groups in total. The van der Waals surface area contributed by atoms with Crippen molar-refractivity contribution in [3.63, 3.8) is 0 Å². The fraction of sp³-hybridized carbons (Fsp3) is 0.0769. The van der Waals surface area contributed by atoms with Crippen molar-refractivity contribution in [1.29, 1.82) is 0 Å². The highest BCUT2D eigenvalue weighted by molar-refractivity contribution is 6.31. The van der Waals surface area contributed by atoms with Crippen LogP contribution in [0.2, 0.25) is 5.02 Å². The molecule has 0 bridgehead atoms. The summed E-state index contributed by atoms with van der Waals surface area (Å²) in [6.07, 6.45) is 1.54. The van der Waals surface area contributed by atoms with E-state index in [4.69, 9.17) is 16.1 Å². The maximum absolute atomic E-state index is 9.87. The van der Waals surface area contributed by atoms with Gasteiger partial charge in [-0.05, 0) is 19.1 Å². The van der Waals surface area contributed by atoms with Crippen LogP contribution in [0, 0.1) is 6.92 Å². The number of nitrogens with zero attached hydrogens (tertiary/aromatic N) is 2. The van der Waals surface area contributed by atoms with Gasteiger partial charge in [-0.1, -0.05) is 22.8 Å². The third-order valence-corrected chi connectivity index (χ3v) is 2.96. The number of nitrogens with one attached hydrogen (secondary N) is 1. The summed E-state index contributed by atoms with van der Waals surface area (Å²) in [4.78, 5) is 7.01. The van der Waals surface area contributed by atoms with E-state index in [0.717, 1.165) is 10.9 Å². The van der Waals surface area contributed by atoms with Crippen molar-refractivity contribution in [3.05, 3.63) is 40.6 Å². The lowest BCUT2D eigenvalue weighted by atomic mass is 10.2. The van der Waals surface area contributed by atoms with Gasteiger partial charge in [-0.15, -0.1) is 0 Å². The molecule has 2 aromatic heterocycles. The van der Waals surface area contributed by atoms with Gasteiger partial charge < -0.3 is 14.6 Å². The molecular formula is C13H10ClN3O2. The van der Waals surface area contributed by atoms with Crippen molar-refractivity contribution in [2.24, 2.45) is 4.99 Å². The summed E-state index contributed by atoms with van der Waals surface area (Å²) < 4.78 is 4.92. The fourth-order valence-corrected chi connectivity index (χ4v) is 2.02. The Balaban J connectivity index is 2.05. The van der Waals surface area contributed by atoms with Crippen LogP contribution in [0.3, 0.4) is 0 Å². The minimum atomic E-state index is 0.0428. The lowest BCUT2D eigenvalue weighted by Gasteiger charge is -1.92. The average molecular weight is 276 g/mol. The number of aryl methyl sites for hydroxylation is 1. The van der Waals surface area contributed by atoms with Gasteiger partial charge in [-0.2, -0.15) is 0 Å². The molecule has 0 atom stereocenters. The van der Waals surface area contributed by atoms with Crippen molar-refractivity contribution in [3.8, 4) is 5.88 Å². The zero-order valence-electron chi connectivity index (χ0n) is 10.0. The van der Waals surface area contributed by atoms with Crippen molar-refractivity contribution < 1.29 is 9.63 Å².